The van der Waals surface area contributed by atoms with Crippen LogP contribution in [0.25, 0.3) is 11.2 Å². The quantitative estimate of drug-likeness (QED) is 0.761. The SMILES string of the molecule is Cc1cnc2c(c1)nc(N)n2C(C)c1ccccn1. The van der Waals surface area contributed by atoms with Crippen LogP contribution in [0.15, 0.2) is 36.7 Å². The maximum atomic E-state index is 6.03. The zero-order valence-corrected chi connectivity index (χ0v) is 10.9. The van der Waals surface area contributed by atoms with Crippen LogP contribution in [0.3, 0.4) is 0 Å². The Hall–Kier alpha value is -2.43. The van der Waals surface area contributed by atoms with Gasteiger partial charge in [0.1, 0.15) is 5.52 Å². The van der Waals surface area contributed by atoms with Crippen molar-refractivity contribution >= 4 is 17.1 Å². The summed E-state index contributed by atoms with van der Waals surface area (Å²) < 4.78 is 1.91. The molecule has 1 atom stereocenters. The van der Waals surface area contributed by atoms with E-state index in [9.17, 15) is 0 Å². The second-order valence-electron chi connectivity index (χ2n) is 4.63. The smallest absolute Gasteiger partial charge is 0.203 e. The highest BCUT2D eigenvalue weighted by molar-refractivity contribution is 5.75. The van der Waals surface area contributed by atoms with Gasteiger partial charge in [-0.2, -0.15) is 0 Å². The fourth-order valence-electron chi connectivity index (χ4n) is 2.24. The Morgan fingerprint density at radius 1 is 1.26 bits per heavy atom. The van der Waals surface area contributed by atoms with Gasteiger partial charge in [-0.1, -0.05) is 6.07 Å². The molecule has 0 aliphatic rings. The zero-order chi connectivity index (χ0) is 13.4. The van der Waals surface area contributed by atoms with Crippen LogP contribution in [0.4, 0.5) is 5.95 Å². The van der Waals surface area contributed by atoms with Crippen molar-refractivity contribution in [3.05, 3.63) is 47.9 Å². The van der Waals surface area contributed by atoms with Gasteiger partial charge in [0, 0.05) is 12.4 Å². The minimum absolute atomic E-state index is 0.00130. The first kappa shape index (κ1) is 11.6. The Labute approximate surface area is 111 Å². The number of imidazole rings is 1. The lowest BCUT2D eigenvalue weighted by atomic mass is 10.2. The molecule has 0 amide bonds. The third-order valence-corrected chi connectivity index (χ3v) is 3.20. The van der Waals surface area contributed by atoms with Crippen LogP contribution in [-0.4, -0.2) is 19.5 Å². The molecule has 3 heterocycles. The number of pyridine rings is 2. The molecule has 0 fully saturated rings. The first-order chi connectivity index (χ1) is 9.16. The molecule has 3 aromatic heterocycles. The number of hydrogen-bond acceptors (Lipinski definition) is 4. The van der Waals surface area contributed by atoms with E-state index in [0.717, 1.165) is 22.4 Å². The third kappa shape index (κ3) is 1.93. The minimum Gasteiger partial charge on any atom is -0.369 e. The first-order valence-corrected chi connectivity index (χ1v) is 6.18. The normalized spacial score (nSPS) is 12.7. The lowest BCUT2D eigenvalue weighted by Gasteiger charge is -2.14. The molecule has 0 aliphatic heterocycles. The Kier molecular flexibility index (Phi) is 2.67. The van der Waals surface area contributed by atoms with E-state index < -0.39 is 0 Å². The van der Waals surface area contributed by atoms with E-state index in [4.69, 9.17) is 5.73 Å². The summed E-state index contributed by atoms with van der Waals surface area (Å²) in [6.45, 7) is 4.03. The van der Waals surface area contributed by atoms with Gasteiger partial charge in [0.15, 0.2) is 5.65 Å². The fraction of sp³-hybridized carbons (Fsp3) is 0.214. The van der Waals surface area contributed by atoms with Crippen molar-refractivity contribution in [2.45, 2.75) is 19.9 Å². The Morgan fingerprint density at radius 3 is 2.84 bits per heavy atom. The van der Waals surface area contributed by atoms with E-state index in [1.165, 1.54) is 0 Å². The highest BCUT2D eigenvalue weighted by Gasteiger charge is 2.17. The van der Waals surface area contributed by atoms with E-state index in [1.807, 2.05) is 48.9 Å². The van der Waals surface area contributed by atoms with Crippen molar-refractivity contribution < 1.29 is 0 Å². The Morgan fingerprint density at radius 2 is 2.11 bits per heavy atom. The monoisotopic (exact) mass is 253 g/mol. The highest BCUT2D eigenvalue weighted by atomic mass is 15.2. The van der Waals surface area contributed by atoms with E-state index >= 15 is 0 Å². The molecule has 3 rings (SSSR count). The average Bonchev–Trinajstić information content (AvgIpc) is 2.74. The Balaban J connectivity index is 2.17. The van der Waals surface area contributed by atoms with E-state index in [0.29, 0.717) is 5.95 Å². The van der Waals surface area contributed by atoms with Gasteiger partial charge in [-0.15, -0.1) is 0 Å². The number of rotatable bonds is 2. The van der Waals surface area contributed by atoms with Crippen LogP contribution in [0.2, 0.25) is 0 Å². The number of nitrogens with two attached hydrogens (primary N) is 1. The summed E-state index contributed by atoms with van der Waals surface area (Å²) >= 11 is 0. The molecule has 0 saturated heterocycles. The molecular weight excluding hydrogens is 238 g/mol. The van der Waals surface area contributed by atoms with Crippen LogP contribution in [0.1, 0.15) is 24.2 Å². The molecule has 96 valence electrons. The second-order valence-corrected chi connectivity index (χ2v) is 4.63. The van der Waals surface area contributed by atoms with Crippen molar-refractivity contribution in [1.29, 1.82) is 0 Å². The van der Waals surface area contributed by atoms with E-state index in [1.54, 1.807) is 6.20 Å². The molecule has 5 nitrogen and oxygen atoms in total. The molecule has 0 spiro atoms. The summed E-state index contributed by atoms with van der Waals surface area (Å²) in [5.41, 5.74) is 9.65. The second kappa shape index (κ2) is 4.35. The summed E-state index contributed by atoms with van der Waals surface area (Å²) in [6, 6.07) is 7.82. The van der Waals surface area contributed by atoms with Crippen molar-refractivity contribution in [3.8, 4) is 0 Å². The van der Waals surface area contributed by atoms with Crippen molar-refractivity contribution in [2.75, 3.05) is 5.73 Å². The predicted octanol–water partition coefficient (Wildman–Crippen LogP) is 2.33. The van der Waals surface area contributed by atoms with Crippen LogP contribution >= 0.6 is 0 Å². The highest BCUT2D eigenvalue weighted by Crippen LogP contribution is 2.25. The standard InChI is InChI=1S/C14H15N5/c1-9-7-12-13(17-8-9)19(14(15)18-12)10(2)11-5-3-4-6-16-11/h3-8,10H,1-2H3,(H2,15,18). The van der Waals surface area contributed by atoms with E-state index in [2.05, 4.69) is 15.0 Å². The van der Waals surface area contributed by atoms with Gasteiger partial charge in [0.2, 0.25) is 5.95 Å². The van der Waals surface area contributed by atoms with Crippen LogP contribution in [0.5, 0.6) is 0 Å². The number of hydrogen-bond donors (Lipinski definition) is 1. The lowest BCUT2D eigenvalue weighted by Crippen LogP contribution is -2.11. The topological polar surface area (TPSA) is 69.6 Å². The Bertz CT molecular complexity index is 717. The van der Waals surface area contributed by atoms with Gasteiger partial charge in [0.05, 0.1) is 11.7 Å². The summed E-state index contributed by atoms with van der Waals surface area (Å²) in [5.74, 6) is 0.464. The summed E-state index contributed by atoms with van der Waals surface area (Å²) in [4.78, 5) is 13.2. The fourth-order valence-corrected chi connectivity index (χ4v) is 2.24. The van der Waals surface area contributed by atoms with Gasteiger partial charge in [-0.25, -0.2) is 9.97 Å². The lowest BCUT2D eigenvalue weighted by molar-refractivity contribution is 0.642. The molecule has 0 radical (unpaired) electrons. The molecule has 0 aliphatic carbocycles. The third-order valence-electron chi connectivity index (χ3n) is 3.20. The average molecular weight is 253 g/mol. The minimum atomic E-state index is 0.00130. The molecule has 1 unspecified atom stereocenters. The number of anilines is 1. The van der Waals surface area contributed by atoms with Crippen molar-refractivity contribution in [3.63, 3.8) is 0 Å². The van der Waals surface area contributed by atoms with Gasteiger partial charge in [-0.05, 0) is 37.6 Å². The zero-order valence-electron chi connectivity index (χ0n) is 10.9. The van der Waals surface area contributed by atoms with Gasteiger partial charge >= 0.3 is 0 Å². The first-order valence-electron chi connectivity index (χ1n) is 6.18. The van der Waals surface area contributed by atoms with Gasteiger partial charge in [0.25, 0.3) is 0 Å². The summed E-state index contributed by atoms with van der Waals surface area (Å²) in [6.07, 6.45) is 3.60. The van der Waals surface area contributed by atoms with Crippen LogP contribution < -0.4 is 5.73 Å². The molecule has 3 aromatic rings. The van der Waals surface area contributed by atoms with Gasteiger partial charge in [-0.3, -0.25) is 9.55 Å². The number of fused-ring (bicyclic) bond motifs is 1. The molecule has 2 N–H and O–H groups in total. The largest absolute Gasteiger partial charge is 0.369 e. The summed E-state index contributed by atoms with van der Waals surface area (Å²) in [7, 11) is 0. The molecule has 0 saturated carbocycles. The van der Waals surface area contributed by atoms with Crippen LogP contribution in [-0.2, 0) is 0 Å². The summed E-state index contributed by atoms with van der Waals surface area (Å²) in [5, 5.41) is 0. The van der Waals surface area contributed by atoms with E-state index in [-0.39, 0.29) is 6.04 Å². The predicted molar refractivity (Wildman–Crippen MR) is 74.7 cm³/mol. The van der Waals surface area contributed by atoms with Crippen LogP contribution in [0, 0.1) is 6.92 Å². The maximum Gasteiger partial charge on any atom is 0.203 e. The maximum absolute atomic E-state index is 6.03. The van der Waals surface area contributed by atoms with Crippen molar-refractivity contribution in [2.24, 2.45) is 0 Å². The molecular formula is C14H15N5. The molecule has 19 heavy (non-hydrogen) atoms. The number of nitrogen functional groups attached to an aromatic ring is 1. The number of aromatic nitrogens is 4. The molecule has 5 heteroatoms. The van der Waals surface area contributed by atoms with Crippen molar-refractivity contribution in [1.82, 2.24) is 19.5 Å². The van der Waals surface area contributed by atoms with Gasteiger partial charge < -0.3 is 5.73 Å². The number of nitrogens with zero attached hydrogens (tertiary/aromatic N) is 4. The molecule has 0 bridgehead atoms. The number of aryl methyl sites for hydroxylation is 1. The molecule has 0 aromatic carbocycles.